The zero-order valence-corrected chi connectivity index (χ0v) is 18.1. The second-order valence-electron chi connectivity index (χ2n) is 4.89. The van der Waals surface area contributed by atoms with Gasteiger partial charge in [0, 0.05) is 0 Å². The van der Waals surface area contributed by atoms with Crippen molar-refractivity contribution in [3.05, 3.63) is 60.7 Å². The minimum absolute atomic E-state index is 0.869. The molecule has 0 aliphatic heterocycles. The van der Waals surface area contributed by atoms with E-state index in [2.05, 4.69) is 12.9 Å². The van der Waals surface area contributed by atoms with Gasteiger partial charge < -0.3 is 34.1 Å². The van der Waals surface area contributed by atoms with Crippen molar-refractivity contribution in [3.8, 4) is 11.5 Å². The molecule has 0 saturated carbocycles. The highest BCUT2D eigenvalue weighted by Crippen LogP contribution is 2.69. The fourth-order valence-electron chi connectivity index (χ4n) is 1.54. The molecule has 0 aliphatic rings. The molecule has 0 spiro atoms. The maximum Gasteiger partial charge on any atom is 0.490 e. The highest BCUT2D eigenvalue weighted by Gasteiger charge is 2.43. The molecule has 2 rings (SSSR count). The molecule has 0 heterocycles. The predicted octanol–water partition coefficient (Wildman–Crippen LogP) is 2.90. The Morgan fingerprint density at radius 1 is 0.500 bits per heavy atom. The zero-order chi connectivity index (χ0) is 23.1. The van der Waals surface area contributed by atoms with E-state index in [9.17, 15) is 18.3 Å². The zero-order valence-electron chi connectivity index (χ0n) is 14.5. The van der Waals surface area contributed by atoms with Gasteiger partial charge in [0.1, 0.15) is 11.5 Å². The summed E-state index contributed by atoms with van der Waals surface area (Å²) >= 11 is 0. The van der Waals surface area contributed by atoms with Crippen LogP contribution in [0.3, 0.4) is 0 Å². The van der Waals surface area contributed by atoms with E-state index >= 15 is 0 Å². The Bertz CT molecular complexity index is 905. The third kappa shape index (κ3) is 13.2. The van der Waals surface area contributed by atoms with Gasteiger partial charge in [-0.2, -0.15) is 12.9 Å². The van der Waals surface area contributed by atoms with Gasteiger partial charge >= 0.3 is 31.3 Å². The summed E-state index contributed by atoms with van der Waals surface area (Å²) < 4.78 is 56.5. The molecule has 30 heavy (non-hydrogen) atoms. The average Bonchev–Trinajstić information content (AvgIpc) is 2.51. The van der Waals surface area contributed by atoms with Gasteiger partial charge in [-0.05, 0) is 24.3 Å². The van der Waals surface area contributed by atoms with E-state index in [0.29, 0.717) is 0 Å². The monoisotopic (exact) mass is 508 g/mol. The highest BCUT2D eigenvalue weighted by atomic mass is 31.3. The van der Waals surface area contributed by atoms with Crippen LogP contribution in [0.2, 0.25) is 0 Å². The number of para-hydroxylation sites is 2. The van der Waals surface area contributed by atoms with Crippen LogP contribution in [0.5, 0.6) is 11.5 Å². The molecule has 14 nitrogen and oxygen atoms in total. The maximum absolute atomic E-state index is 10.7. The lowest BCUT2D eigenvalue weighted by Crippen LogP contribution is -1.95. The lowest BCUT2D eigenvalue weighted by molar-refractivity contribution is 0.194. The van der Waals surface area contributed by atoms with Gasteiger partial charge in [0.2, 0.25) is 0 Å². The molecule has 0 bridgehead atoms. The van der Waals surface area contributed by atoms with Gasteiger partial charge in [-0.3, -0.25) is 0 Å². The highest BCUT2D eigenvalue weighted by molar-refractivity contribution is 7.69. The van der Waals surface area contributed by atoms with Crippen LogP contribution >= 0.6 is 31.3 Å². The van der Waals surface area contributed by atoms with Crippen LogP contribution in [-0.2, 0) is 31.2 Å². The van der Waals surface area contributed by atoms with Crippen LogP contribution in [0.4, 0.5) is 0 Å². The summed E-state index contributed by atoms with van der Waals surface area (Å²) in [6.07, 6.45) is 0. The Kier molecular flexibility index (Phi) is 9.75. The van der Waals surface area contributed by atoms with Crippen molar-refractivity contribution in [2.45, 2.75) is 0 Å². The van der Waals surface area contributed by atoms with E-state index in [1.165, 1.54) is 0 Å². The van der Waals surface area contributed by atoms with Gasteiger partial charge in [-0.25, -0.2) is 18.3 Å². The fourth-order valence-corrected chi connectivity index (χ4v) is 5.51. The van der Waals surface area contributed by atoms with Crippen LogP contribution in [0.25, 0.3) is 0 Å². The smallest absolute Gasteiger partial charge is 0.457 e. The molecule has 0 aliphatic carbocycles. The molecule has 0 fully saturated rings. The van der Waals surface area contributed by atoms with Gasteiger partial charge in [0.25, 0.3) is 0 Å². The molecule has 2 aromatic carbocycles. The molecule has 0 radical (unpaired) electrons. The summed E-state index contributed by atoms with van der Waals surface area (Å²) in [6.45, 7) is 0. The summed E-state index contributed by atoms with van der Waals surface area (Å²) in [5.74, 6) is 1.74. The molecular formula is C12H16O14P4. The molecule has 2 aromatic rings. The predicted molar refractivity (Wildman–Crippen MR) is 100.0 cm³/mol. The second-order valence-corrected chi connectivity index (χ2v) is 10.7. The molecule has 0 amide bonds. The van der Waals surface area contributed by atoms with Crippen LogP contribution in [0, 0.1) is 0 Å². The first-order chi connectivity index (χ1) is 13.6. The lowest BCUT2D eigenvalue weighted by atomic mass is 10.3. The summed E-state index contributed by atoms with van der Waals surface area (Å²) in [5, 5.41) is 0. The number of rotatable bonds is 8. The van der Waals surface area contributed by atoms with Crippen LogP contribution in [-0.4, -0.2) is 29.4 Å². The van der Waals surface area contributed by atoms with Gasteiger partial charge in [-0.1, -0.05) is 36.4 Å². The van der Waals surface area contributed by atoms with E-state index in [1.807, 2.05) is 60.7 Å². The van der Waals surface area contributed by atoms with Crippen LogP contribution < -0.4 is 4.74 Å². The number of hydrogen-bond acceptors (Lipinski definition) is 8. The van der Waals surface area contributed by atoms with Crippen molar-refractivity contribution in [2.24, 2.45) is 0 Å². The minimum atomic E-state index is -5.77. The average molecular weight is 508 g/mol. The van der Waals surface area contributed by atoms with Crippen molar-refractivity contribution in [1.82, 2.24) is 0 Å². The molecule has 2 unspecified atom stereocenters. The Hall–Kier alpha value is -1.20. The van der Waals surface area contributed by atoms with Crippen molar-refractivity contribution in [2.75, 3.05) is 0 Å². The maximum atomic E-state index is 10.7. The topological polar surface area (TPSA) is 227 Å². The number of ether oxygens (including phenoxy) is 1. The fraction of sp³-hybridized carbons (Fsp3) is 0. The van der Waals surface area contributed by atoms with Crippen LogP contribution in [0.15, 0.2) is 60.7 Å². The largest absolute Gasteiger partial charge is 0.490 e. The van der Waals surface area contributed by atoms with Crippen molar-refractivity contribution >= 4 is 31.3 Å². The molecule has 18 heteroatoms. The Morgan fingerprint density at radius 3 is 1.07 bits per heavy atom. The summed E-state index contributed by atoms with van der Waals surface area (Å²) in [5.41, 5.74) is 0. The number of benzene rings is 2. The molecule has 0 saturated heterocycles. The lowest BCUT2D eigenvalue weighted by Gasteiger charge is -2.15. The van der Waals surface area contributed by atoms with E-state index in [1.54, 1.807) is 0 Å². The molecule has 0 aromatic heterocycles. The first-order valence-electron chi connectivity index (χ1n) is 7.26. The second kappa shape index (κ2) is 10.9. The van der Waals surface area contributed by atoms with Crippen LogP contribution in [0.1, 0.15) is 0 Å². The SMILES string of the molecule is O=P(O)(O)OP(=O)(O)OP(=O)(O)OP(=O)(O)O.c1ccc(Oc2ccccc2)cc1. The van der Waals surface area contributed by atoms with E-state index < -0.39 is 31.3 Å². The summed E-state index contributed by atoms with van der Waals surface area (Å²) in [6, 6.07) is 19.5. The third-order valence-electron chi connectivity index (χ3n) is 2.35. The quantitative estimate of drug-likeness (QED) is 0.282. The van der Waals surface area contributed by atoms with E-state index in [-0.39, 0.29) is 0 Å². The molecule has 2 atom stereocenters. The third-order valence-corrected chi connectivity index (χ3v) is 7.35. The normalized spacial score (nSPS) is 15.8. The number of hydrogen-bond donors (Lipinski definition) is 6. The van der Waals surface area contributed by atoms with Crippen molar-refractivity contribution in [1.29, 1.82) is 0 Å². The van der Waals surface area contributed by atoms with Gasteiger partial charge in [0.05, 0.1) is 0 Å². The van der Waals surface area contributed by atoms with Gasteiger partial charge in [-0.15, -0.1) is 0 Å². The van der Waals surface area contributed by atoms with Gasteiger partial charge in [0.15, 0.2) is 0 Å². The Balaban J connectivity index is 0.000000308. The number of phosphoric acid groups is 4. The Morgan fingerprint density at radius 2 is 0.800 bits per heavy atom. The van der Waals surface area contributed by atoms with E-state index in [0.717, 1.165) is 11.5 Å². The Labute approximate surface area is 169 Å². The summed E-state index contributed by atoms with van der Waals surface area (Å²) in [7, 11) is -22.6. The first kappa shape index (κ1) is 26.8. The van der Waals surface area contributed by atoms with Crippen molar-refractivity contribution < 1.29 is 65.3 Å². The minimum Gasteiger partial charge on any atom is -0.457 e. The summed E-state index contributed by atoms with van der Waals surface area (Å²) in [4.78, 5) is 49.4. The molecule has 6 N–H and O–H groups in total. The molecular weight excluding hydrogens is 492 g/mol. The van der Waals surface area contributed by atoms with E-state index in [4.69, 9.17) is 34.1 Å². The standard InChI is InChI=1S/C12H10O.H6O13P4/c1-3-7-11(8-4-1)13-12-9-5-2-6-10-12;1-14(2,3)11-16(7,8)13-17(9,10)12-15(4,5)6/h1-10H;(H,7,8)(H,9,10)(H2,1,2,3)(H2,4,5,6). The first-order valence-corrected chi connectivity index (χ1v) is 13.3. The van der Waals surface area contributed by atoms with Crippen molar-refractivity contribution in [3.63, 3.8) is 0 Å². The molecule has 168 valence electrons.